The van der Waals surface area contributed by atoms with Crippen LogP contribution in [0, 0.1) is 0 Å². The number of fused-ring (bicyclic) bond motifs is 1. The van der Waals surface area contributed by atoms with E-state index in [1.807, 2.05) is 12.1 Å². The monoisotopic (exact) mass is 412 g/mol. The fourth-order valence-corrected chi connectivity index (χ4v) is 4.22. The van der Waals surface area contributed by atoms with Crippen molar-refractivity contribution in [2.24, 2.45) is 0 Å². The lowest BCUT2D eigenvalue weighted by atomic mass is 10.1. The molecule has 1 nitrogen and oxygen atoms in total. The van der Waals surface area contributed by atoms with Gasteiger partial charge >= 0.3 is 0 Å². The molecular formula is C13H12Br2F2OS. The van der Waals surface area contributed by atoms with E-state index in [4.69, 9.17) is 4.74 Å². The maximum Gasteiger partial charge on any atom is 0.261 e. The van der Waals surface area contributed by atoms with Crippen LogP contribution in [0.25, 0.3) is 10.1 Å². The zero-order valence-corrected chi connectivity index (χ0v) is 13.9. The highest BCUT2D eigenvalue weighted by atomic mass is 79.9. The van der Waals surface area contributed by atoms with Gasteiger partial charge in [0.05, 0.1) is 0 Å². The maximum atomic E-state index is 11.9. The zero-order valence-electron chi connectivity index (χ0n) is 9.91. The molecule has 0 saturated heterocycles. The Morgan fingerprint density at radius 2 is 2.11 bits per heavy atom. The van der Waals surface area contributed by atoms with E-state index in [9.17, 15) is 8.78 Å². The summed E-state index contributed by atoms with van der Waals surface area (Å²) in [5, 5.41) is 3.29. The Kier molecular flexibility index (Phi) is 5.74. The molecule has 2 rings (SSSR count). The number of halogens is 4. The van der Waals surface area contributed by atoms with Crippen molar-refractivity contribution >= 4 is 53.3 Å². The van der Waals surface area contributed by atoms with E-state index in [2.05, 4.69) is 43.3 Å². The molecule has 0 N–H and O–H groups in total. The molecule has 2 aromatic rings. The quantitative estimate of drug-likeness (QED) is 0.431. The normalized spacial score (nSPS) is 13.3. The number of alkyl halides is 3. The molecule has 0 aliphatic heterocycles. The summed E-state index contributed by atoms with van der Waals surface area (Å²) >= 11 is 8.80. The lowest BCUT2D eigenvalue weighted by molar-refractivity contribution is 0.0168. The Balaban J connectivity index is 2.01. The average Bonchev–Trinajstić information content (AvgIpc) is 2.79. The molecule has 0 saturated carbocycles. The number of thiophene rings is 1. The Morgan fingerprint density at radius 3 is 2.84 bits per heavy atom. The topological polar surface area (TPSA) is 9.23 Å². The van der Waals surface area contributed by atoms with Gasteiger partial charge in [0, 0.05) is 20.6 Å². The van der Waals surface area contributed by atoms with E-state index in [1.54, 1.807) is 11.3 Å². The highest BCUT2D eigenvalue weighted by Gasteiger charge is 2.14. The van der Waals surface area contributed by atoms with E-state index < -0.39 is 13.0 Å². The number of hydrogen-bond acceptors (Lipinski definition) is 2. The third-order valence-corrected chi connectivity index (χ3v) is 5.60. The van der Waals surface area contributed by atoms with Gasteiger partial charge < -0.3 is 4.74 Å². The minimum Gasteiger partial charge on any atom is -0.375 e. The summed E-state index contributed by atoms with van der Waals surface area (Å²) < 4.78 is 31.1. The van der Waals surface area contributed by atoms with E-state index in [1.165, 1.54) is 15.6 Å². The predicted molar refractivity (Wildman–Crippen MR) is 82.6 cm³/mol. The standard InChI is InChI=1S/C13H12Br2F2OS/c14-10(4-5-18-6-12(16)17)9-7-19-13-8(9)2-1-3-11(13)15/h1-3,7,10,12H,4-6H2. The number of benzene rings is 1. The number of rotatable bonds is 6. The van der Waals surface area contributed by atoms with Crippen molar-refractivity contribution in [3.63, 3.8) is 0 Å². The van der Waals surface area contributed by atoms with Gasteiger partial charge in [0.25, 0.3) is 6.43 Å². The summed E-state index contributed by atoms with van der Waals surface area (Å²) in [6, 6.07) is 6.08. The second kappa shape index (κ2) is 7.11. The largest absolute Gasteiger partial charge is 0.375 e. The first-order valence-corrected chi connectivity index (χ1v) is 8.34. The molecule has 1 unspecified atom stereocenters. The second-order valence-electron chi connectivity index (χ2n) is 4.03. The van der Waals surface area contributed by atoms with Gasteiger partial charge in [-0.3, -0.25) is 0 Å². The molecule has 0 radical (unpaired) electrons. The summed E-state index contributed by atoms with van der Waals surface area (Å²) in [5.74, 6) is 0. The van der Waals surface area contributed by atoms with Crippen LogP contribution in [0.1, 0.15) is 16.8 Å². The van der Waals surface area contributed by atoms with Gasteiger partial charge in [-0.05, 0) is 44.7 Å². The van der Waals surface area contributed by atoms with Crippen LogP contribution in [0.3, 0.4) is 0 Å². The van der Waals surface area contributed by atoms with Gasteiger partial charge in [-0.25, -0.2) is 8.78 Å². The van der Waals surface area contributed by atoms with Crippen LogP contribution >= 0.6 is 43.2 Å². The Labute approximate surface area is 131 Å². The van der Waals surface area contributed by atoms with Crippen LogP contribution in [0.2, 0.25) is 0 Å². The molecule has 1 heterocycles. The van der Waals surface area contributed by atoms with Crippen molar-refractivity contribution in [3.8, 4) is 0 Å². The van der Waals surface area contributed by atoms with Crippen molar-refractivity contribution in [3.05, 3.63) is 33.6 Å². The molecule has 104 valence electrons. The van der Waals surface area contributed by atoms with Gasteiger partial charge in [0.2, 0.25) is 0 Å². The smallest absolute Gasteiger partial charge is 0.261 e. The lowest BCUT2D eigenvalue weighted by Crippen LogP contribution is -2.06. The molecule has 0 aliphatic rings. The SMILES string of the molecule is FC(F)COCCC(Br)c1csc2c(Br)cccc12. The Morgan fingerprint density at radius 1 is 1.32 bits per heavy atom. The molecule has 0 spiro atoms. The third kappa shape index (κ3) is 3.97. The minimum atomic E-state index is -2.40. The van der Waals surface area contributed by atoms with E-state index in [0.29, 0.717) is 13.0 Å². The Bertz CT molecular complexity index is 544. The van der Waals surface area contributed by atoms with Crippen LogP contribution < -0.4 is 0 Å². The lowest BCUT2D eigenvalue weighted by Gasteiger charge is -2.09. The highest BCUT2D eigenvalue weighted by molar-refractivity contribution is 9.10. The molecule has 1 atom stereocenters. The van der Waals surface area contributed by atoms with Gasteiger partial charge in [0.1, 0.15) is 6.61 Å². The highest BCUT2D eigenvalue weighted by Crippen LogP contribution is 2.39. The van der Waals surface area contributed by atoms with Gasteiger partial charge in [-0.15, -0.1) is 11.3 Å². The van der Waals surface area contributed by atoms with Crippen molar-refractivity contribution in [2.45, 2.75) is 17.7 Å². The molecular weight excluding hydrogens is 402 g/mol. The number of hydrogen-bond donors (Lipinski definition) is 0. The summed E-state index contributed by atoms with van der Waals surface area (Å²) in [6.45, 7) is -0.165. The molecule has 0 bridgehead atoms. The van der Waals surface area contributed by atoms with Crippen molar-refractivity contribution in [1.29, 1.82) is 0 Å². The summed E-state index contributed by atoms with van der Waals surface area (Å²) in [4.78, 5) is 0.119. The fraction of sp³-hybridized carbons (Fsp3) is 0.385. The maximum absolute atomic E-state index is 11.9. The van der Waals surface area contributed by atoms with Crippen molar-refractivity contribution in [1.82, 2.24) is 0 Å². The first-order chi connectivity index (χ1) is 9.09. The minimum absolute atomic E-state index is 0.119. The molecule has 1 aromatic carbocycles. The molecule has 0 aliphatic carbocycles. The Hall–Kier alpha value is -0.0400. The first kappa shape index (κ1) is 15.4. The molecule has 19 heavy (non-hydrogen) atoms. The van der Waals surface area contributed by atoms with Gasteiger partial charge in [0.15, 0.2) is 0 Å². The van der Waals surface area contributed by atoms with E-state index in [-0.39, 0.29) is 4.83 Å². The second-order valence-corrected chi connectivity index (χ2v) is 6.87. The van der Waals surface area contributed by atoms with Crippen LogP contribution in [0.15, 0.2) is 28.1 Å². The molecule has 6 heteroatoms. The summed E-state index contributed by atoms with van der Waals surface area (Å²) in [7, 11) is 0. The summed E-state index contributed by atoms with van der Waals surface area (Å²) in [5.41, 5.74) is 1.18. The van der Waals surface area contributed by atoms with Crippen LogP contribution in [-0.2, 0) is 4.74 Å². The van der Waals surface area contributed by atoms with Crippen molar-refractivity contribution < 1.29 is 13.5 Å². The summed E-state index contributed by atoms with van der Waals surface area (Å²) in [6.07, 6.45) is -1.72. The van der Waals surface area contributed by atoms with Gasteiger partial charge in [-0.2, -0.15) is 0 Å². The molecule has 0 fully saturated rings. The fourth-order valence-electron chi connectivity index (χ4n) is 1.80. The van der Waals surface area contributed by atoms with Crippen LogP contribution in [-0.4, -0.2) is 19.6 Å². The zero-order chi connectivity index (χ0) is 13.8. The average molecular weight is 414 g/mol. The van der Waals surface area contributed by atoms with E-state index in [0.717, 1.165) is 4.47 Å². The van der Waals surface area contributed by atoms with Crippen LogP contribution in [0.5, 0.6) is 0 Å². The van der Waals surface area contributed by atoms with E-state index >= 15 is 0 Å². The van der Waals surface area contributed by atoms with Gasteiger partial charge in [-0.1, -0.05) is 28.1 Å². The first-order valence-electron chi connectivity index (χ1n) is 5.75. The molecule has 1 aromatic heterocycles. The number of ether oxygens (including phenoxy) is 1. The third-order valence-electron chi connectivity index (χ3n) is 2.68. The predicted octanol–water partition coefficient (Wildman–Crippen LogP) is 5.77. The van der Waals surface area contributed by atoms with Crippen molar-refractivity contribution in [2.75, 3.05) is 13.2 Å². The van der Waals surface area contributed by atoms with Crippen LogP contribution in [0.4, 0.5) is 8.78 Å². The molecule has 0 amide bonds.